The number of hydrogen-bond acceptors (Lipinski definition) is 4. The van der Waals surface area contributed by atoms with Gasteiger partial charge in [-0.3, -0.25) is 19.3 Å². The molecule has 1 unspecified atom stereocenters. The molecule has 0 saturated carbocycles. The van der Waals surface area contributed by atoms with Gasteiger partial charge in [0, 0.05) is 44.6 Å². The third kappa shape index (κ3) is 4.34. The molecule has 2 heterocycles. The number of rotatable bonds is 6. The van der Waals surface area contributed by atoms with Gasteiger partial charge in [-0.05, 0) is 38.9 Å². The van der Waals surface area contributed by atoms with E-state index in [1.54, 1.807) is 17.0 Å². The average Bonchev–Trinajstić information content (AvgIpc) is 2.91. The third-order valence-corrected chi connectivity index (χ3v) is 6.16. The largest absolute Gasteiger partial charge is 0.343 e. The fourth-order valence-electron chi connectivity index (χ4n) is 4.25. The van der Waals surface area contributed by atoms with Gasteiger partial charge >= 0.3 is 0 Å². The minimum atomic E-state index is -1.46. The van der Waals surface area contributed by atoms with Gasteiger partial charge in [-0.1, -0.05) is 25.1 Å². The van der Waals surface area contributed by atoms with Gasteiger partial charge in [-0.25, -0.2) is 4.39 Å². The summed E-state index contributed by atoms with van der Waals surface area (Å²) in [5, 5.41) is 0. The van der Waals surface area contributed by atoms with E-state index in [0.717, 1.165) is 12.8 Å². The average molecular weight is 403 g/mol. The number of piperidine rings is 1. The maximum Gasteiger partial charge on any atom is 0.241 e. The van der Waals surface area contributed by atoms with E-state index in [0.29, 0.717) is 25.6 Å². The first-order valence-corrected chi connectivity index (χ1v) is 10.3. The molecule has 0 spiro atoms. The zero-order chi connectivity index (χ0) is 21.2. The molecule has 0 bridgehead atoms. The highest BCUT2D eigenvalue weighted by Gasteiger charge is 2.55. The van der Waals surface area contributed by atoms with Crippen molar-refractivity contribution in [3.63, 3.8) is 0 Å². The van der Waals surface area contributed by atoms with Crippen LogP contribution in [-0.2, 0) is 19.8 Å². The quantitative estimate of drug-likeness (QED) is 0.682. The summed E-state index contributed by atoms with van der Waals surface area (Å²) in [6, 6.07) is 6.00. The molecule has 3 amide bonds. The predicted molar refractivity (Wildman–Crippen MR) is 108 cm³/mol. The first-order valence-electron chi connectivity index (χ1n) is 10.3. The van der Waals surface area contributed by atoms with Gasteiger partial charge in [-0.2, -0.15) is 0 Å². The molecule has 1 aromatic carbocycles. The summed E-state index contributed by atoms with van der Waals surface area (Å²) < 4.78 is 14.8. The second-order valence-electron chi connectivity index (χ2n) is 8.63. The Morgan fingerprint density at radius 1 is 1.21 bits per heavy atom. The lowest BCUT2D eigenvalue weighted by molar-refractivity contribution is -0.143. The molecule has 7 heteroatoms. The molecule has 29 heavy (non-hydrogen) atoms. The van der Waals surface area contributed by atoms with Crippen LogP contribution >= 0.6 is 0 Å². The number of likely N-dealkylation sites (tertiary alicyclic amines) is 2. The predicted octanol–water partition coefficient (Wildman–Crippen LogP) is 2.03. The van der Waals surface area contributed by atoms with Crippen LogP contribution in [0.1, 0.15) is 38.2 Å². The van der Waals surface area contributed by atoms with E-state index >= 15 is 0 Å². The van der Waals surface area contributed by atoms with Crippen LogP contribution < -0.4 is 0 Å². The Hall–Kier alpha value is -2.28. The van der Waals surface area contributed by atoms with Gasteiger partial charge in [0.05, 0.1) is 5.41 Å². The van der Waals surface area contributed by atoms with Gasteiger partial charge in [0.1, 0.15) is 5.82 Å². The maximum absolute atomic E-state index is 14.8. The summed E-state index contributed by atoms with van der Waals surface area (Å²) in [6.07, 6.45) is 1.49. The van der Waals surface area contributed by atoms with Crippen LogP contribution in [0.25, 0.3) is 0 Å². The SMILES string of the molecule is CC1CCN(C(=O)CC2(c3ccccc3F)CC(=O)N(CCN(C)C)C2=O)CC1. The second-order valence-corrected chi connectivity index (χ2v) is 8.63. The number of nitrogens with zero attached hydrogens (tertiary/aromatic N) is 3. The van der Waals surface area contributed by atoms with E-state index in [1.165, 1.54) is 17.0 Å². The fraction of sp³-hybridized carbons (Fsp3) is 0.591. The summed E-state index contributed by atoms with van der Waals surface area (Å²) >= 11 is 0. The van der Waals surface area contributed by atoms with Gasteiger partial charge in [0.15, 0.2) is 0 Å². The number of hydrogen-bond donors (Lipinski definition) is 0. The van der Waals surface area contributed by atoms with Crippen LogP contribution in [0.5, 0.6) is 0 Å². The molecule has 6 nitrogen and oxygen atoms in total. The number of imide groups is 1. The number of halogens is 1. The van der Waals surface area contributed by atoms with Crippen LogP contribution in [0.15, 0.2) is 24.3 Å². The Kier molecular flexibility index (Phi) is 6.36. The monoisotopic (exact) mass is 403 g/mol. The normalized spacial score (nSPS) is 23.3. The lowest BCUT2D eigenvalue weighted by Crippen LogP contribution is -2.46. The molecule has 2 fully saturated rings. The summed E-state index contributed by atoms with van der Waals surface area (Å²) in [4.78, 5) is 44.1. The topological polar surface area (TPSA) is 60.9 Å². The van der Waals surface area contributed by atoms with Crippen LogP contribution in [0.3, 0.4) is 0 Å². The summed E-state index contributed by atoms with van der Waals surface area (Å²) in [6.45, 7) is 4.18. The zero-order valence-corrected chi connectivity index (χ0v) is 17.5. The van der Waals surface area contributed by atoms with Crippen molar-refractivity contribution in [3.8, 4) is 0 Å². The van der Waals surface area contributed by atoms with Gasteiger partial charge in [0.2, 0.25) is 17.7 Å². The van der Waals surface area contributed by atoms with Crippen molar-refractivity contribution in [2.24, 2.45) is 5.92 Å². The first-order chi connectivity index (χ1) is 13.7. The van der Waals surface area contributed by atoms with Crippen LogP contribution in [-0.4, -0.2) is 72.7 Å². The number of amides is 3. The Morgan fingerprint density at radius 2 is 1.86 bits per heavy atom. The van der Waals surface area contributed by atoms with E-state index in [1.807, 2.05) is 19.0 Å². The van der Waals surface area contributed by atoms with Crippen LogP contribution in [0.4, 0.5) is 4.39 Å². The number of benzene rings is 1. The molecule has 0 N–H and O–H groups in total. The van der Waals surface area contributed by atoms with Crippen molar-refractivity contribution >= 4 is 17.7 Å². The fourth-order valence-corrected chi connectivity index (χ4v) is 4.25. The van der Waals surface area contributed by atoms with Crippen molar-refractivity contribution in [2.45, 2.75) is 38.0 Å². The standard InChI is InChI=1S/C22H30FN3O3/c1-16-8-10-25(11-9-16)19(27)14-22(17-6-4-5-7-18(17)23)15-20(28)26(21(22)29)13-12-24(2)3/h4-7,16H,8-15H2,1-3H3. The van der Waals surface area contributed by atoms with E-state index in [-0.39, 0.29) is 36.8 Å². The summed E-state index contributed by atoms with van der Waals surface area (Å²) in [5.41, 5.74) is -1.32. The van der Waals surface area contributed by atoms with Gasteiger partial charge < -0.3 is 9.80 Å². The van der Waals surface area contributed by atoms with E-state index < -0.39 is 17.1 Å². The highest BCUT2D eigenvalue weighted by molar-refractivity contribution is 6.10. The number of carbonyl (C=O) groups excluding carboxylic acids is 3. The minimum Gasteiger partial charge on any atom is -0.343 e. The molecule has 0 radical (unpaired) electrons. The van der Waals surface area contributed by atoms with Gasteiger partial charge in [0.25, 0.3) is 0 Å². The Morgan fingerprint density at radius 3 is 2.48 bits per heavy atom. The van der Waals surface area contributed by atoms with Crippen molar-refractivity contribution in [3.05, 3.63) is 35.6 Å². The Balaban J connectivity index is 1.92. The lowest BCUT2D eigenvalue weighted by atomic mass is 9.75. The molecule has 0 aliphatic carbocycles. The Labute approximate surface area is 171 Å². The molecule has 2 aliphatic heterocycles. The highest BCUT2D eigenvalue weighted by atomic mass is 19.1. The molecule has 1 atom stereocenters. The van der Waals surface area contributed by atoms with E-state index in [2.05, 4.69) is 6.92 Å². The molecule has 2 saturated heterocycles. The smallest absolute Gasteiger partial charge is 0.241 e. The lowest BCUT2D eigenvalue weighted by Gasteiger charge is -2.34. The van der Waals surface area contributed by atoms with Crippen molar-refractivity contribution in [1.82, 2.24) is 14.7 Å². The molecule has 2 aliphatic rings. The van der Waals surface area contributed by atoms with E-state index in [9.17, 15) is 18.8 Å². The summed E-state index contributed by atoms with van der Waals surface area (Å²) in [5.74, 6) is -0.983. The minimum absolute atomic E-state index is 0.143. The maximum atomic E-state index is 14.8. The highest BCUT2D eigenvalue weighted by Crippen LogP contribution is 2.41. The molecular formula is C22H30FN3O3. The van der Waals surface area contributed by atoms with Crippen molar-refractivity contribution < 1.29 is 18.8 Å². The number of likely N-dealkylation sites (N-methyl/N-ethyl adjacent to an activating group) is 1. The van der Waals surface area contributed by atoms with Gasteiger partial charge in [-0.15, -0.1) is 0 Å². The molecular weight excluding hydrogens is 373 g/mol. The van der Waals surface area contributed by atoms with Crippen LogP contribution in [0.2, 0.25) is 0 Å². The van der Waals surface area contributed by atoms with E-state index in [4.69, 9.17) is 0 Å². The van der Waals surface area contributed by atoms with Crippen molar-refractivity contribution in [2.75, 3.05) is 40.3 Å². The first kappa shape index (κ1) is 21.4. The Bertz CT molecular complexity index is 789. The second kappa shape index (κ2) is 8.61. The molecule has 1 aromatic rings. The van der Waals surface area contributed by atoms with Crippen molar-refractivity contribution in [1.29, 1.82) is 0 Å². The third-order valence-electron chi connectivity index (χ3n) is 6.16. The molecule has 0 aromatic heterocycles. The van der Waals surface area contributed by atoms with Crippen LogP contribution in [0, 0.1) is 11.7 Å². The zero-order valence-electron chi connectivity index (χ0n) is 17.5. The number of carbonyl (C=O) groups is 3. The molecule has 3 rings (SSSR count). The molecule has 158 valence electrons. The summed E-state index contributed by atoms with van der Waals surface area (Å²) in [7, 11) is 3.71.